The van der Waals surface area contributed by atoms with E-state index in [-0.39, 0.29) is 18.0 Å². The third-order valence-electron chi connectivity index (χ3n) is 4.54. The van der Waals surface area contributed by atoms with Crippen LogP contribution in [0, 0.1) is 6.92 Å². The van der Waals surface area contributed by atoms with Crippen molar-refractivity contribution in [1.29, 1.82) is 0 Å². The minimum Gasteiger partial charge on any atom is -0.444 e. The van der Waals surface area contributed by atoms with E-state index in [4.69, 9.17) is 4.74 Å². The van der Waals surface area contributed by atoms with Crippen molar-refractivity contribution in [1.82, 2.24) is 24.6 Å². The van der Waals surface area contributed by atoms with Crippen LogP contribution < -0.4 is 5.32 Å². The van der Waals surface area contributed by atoms with Gasteiger partial charge in [0.25, 0.3) is 0 Å². The lowest BCUT2D eigenvalue weighted by atomic mass is 10.2. The molecule has 0 unspecified atom stereocenters. The third-order valence-corrected chi connectivity index (χ3v) is 4.54. The van der Waals surface area contributed by atoms with Gasteiger partial charge in [-0.25, -0.2) is 19.4 Å². The number of likely N-dealkylation sites (tertiary alicyclic amines) is 1. The summed E-state index contributed by atoms with van der Waals surface area (Å²) in [6.45, 7) is 8.19. The highest BCUT2D eigenvalue weighted by Crippen LogP contribution is 2.30. The summed E-state index contributed by atoms with van der Waals surface area (Å²) in [4.78, 5) is 21.9. The molecule has 30 heavy (non-hydrogen) atoms. The van der Waals surface area contributed by atoms with Gasteiger partial charge in [-0.15, -0.1) is 0 Å². The average molecular weight is 426 g/mol. The first kappa shape index (κ1) is 21.8. The topological polar surface area (TPSA) is 85.2 Å². The van der Waals surface area contributed by atoms with Gasteiger partial charge in [0, 0.05) is 31.7 Å². The van der Waals surface area contributed by atoms with Gasteiger partial charge >= 0.3 is 12.3 Å². The zero-order chi connectivity index (χ0) is 22.3. The van der Waals surface area contributed by atoms with Crippen molar-refractivity contribution < 1.29 is 22.7 Å². The van der Waals surface area contributed by atoms with Gasteiger partial charge in [-0.1, -0.05) is 0 Å². The molecule has 8 nitrogen and oxygen atoms in total. The summed E-state index contributed by atoms with van der Waals surface area (Å²) in [5.74, 6) is -0.523. The van der Waals surface area contributed by atoms with Crippen LogP contribution in [0.1, 0.15) is 38.7 Å². The Hall–Kier alpha value is -2.85. The first-order valence-electron chi connectivity index (χ1n) is 9.54. The number of amides is 1. The first-order chi connectivity index (χ1) is 13.8. The molecule has 2 aromatic heterocycles. The molecule has 0 spiro atoms. The molecule has 11 heteroatoms. The number of carbonyl (C=O) groups excluding carboxylic acids is 1. The number of hydrogen-bond acceptors (Lipinski definition) is 6. The number of alkyl halides is 3. The molecule has 0 aromatic carbocycles. The van der Waals surface area contributed by atoms with E-state index in [1.807, 2.05) is 20.8 Å². The van der Waals surface area contributed by atoms with Crippen molar-refractivity contribution in [3.63, 3.8) is 0 Å². The fraction of sp³-hybridized carbons (Fsp3) is 0.579. The molecule has 2 aromatic rings. The molecule has 164 valence electrons. The van der Waals surface area contributed by atoms with Gasteiger partial charge in [0.15, 0.2) is 5.82 Å². The summed E-state index contributed by atoms with van der Waals surface area (Å²) in [6, 6.07) is 3.31. The van der Waals surface area contributed by atoms with Crippen molar-refractivity contribution >= 4 is 11.9 Å². The van der Waals surface area contributed by atoms with Crippen LogP contribution in [0.25, 0.3) is 11.4 Å². The lowest BCUT2D eigenvalue weighted by Crippen LogP contribution is -2.36. The average Bonchev–Trinajstić information content (AvgIpc) is 3.20. The fourth-order valence-corrected chi connectivity index (χ4v) is 3.20. The summed E-state index contributed by atoms with van der Waals surface area (Å²) < 4.78 is 45.0. The molecule has 0 radical (unpaired) electrons. The number of hydrogen-bond donors (Lipinski definition) is 1. The van der Waals surface area contributed by atoms with Crippen molar-refractivity contribution in [3.05, 3.63) is 23.7 Å². The predicted molar refractivity (Wildman–Crippen MR) is 104 cm³/mol. The molecular weight excluding hydrogens is 401 g/mol. The Kier molecular flexibility index (Phi) is 5.66. The minimum absolute atomic E-state index is 0.0000701. The second-order valence-electron chi connectivity index (χ2n) is 8.27. The Morgan fingerprint density at radius 3 is 2.50 bits per heavy atom. The zero-order valence-electron chi connectivity index (χ0n) is 17.5. The number of aromatic nitrogens is 4. The maximum absolute atomic E-state index is 13.0. The number of pyridine rings is 1. The summed E-state index contributed by atoms with van der Waals surface area (Å²) >= 11 is 0. The number of aryl methyl sites for hydroxylation is 2. The molecule has 0 aliphatic carbocycles. The molecule has 1 aliphatic heterocycles. The lowest BCUT2D eigenvalue weighted by Gasteiger charge is -2.24. The number of nitrogens with one attached hydrogen (secondary N) is 1. The summed E-state index contributed by atoms with van der Waals surface area (Å²) in [7, 11) is 1.20. The van der Waals surface area contributed by atoms with Crippen LogP contribution in [0.15, 0.2) is 12.1 Å². The molecule has 1 fully saturated rings. The van der Waals surface area contributed by atoms with Gasteiger partial charge < -0.3 is 15.0 Å². The zero-order valence-corrected chi connectivity index (χ0v) is 17.5. The molecular formula is C19H25F3N6O2. The van der Waals surface area contributed by atoms with Crippen LogP contribution in [0.4, 0.5) is 23.8 Å². The molecule has 1 aliphatic rings. The van der Waals surface area contributed by atoms with E-state index in [1.54, 1.807) is 24.0 Å². The second-order valence-corrected chi connectivity index (χ2v) is 8.27. The molecule has 1 atom stereocenters. The molecule has 1 saturated heterocycles. The van der Waals surface area contributed by atoms with Gasteiger partial charge in [-0.2, -0.15) is 18.3 Å². The number of ether oxygens (including phenoxy) is 1. The maximum atomic E-state index is 13.0. The highest BCUT2D eigenvalue weighted by molar-refractivity contribution is 5.68. The highest BCUT2D eigenvalue weighted by Gasteiger charge is 2.37. The Balaban J connectivity index is 1.68. The van der Waals surface area contributed by atoms with E-state index in [0.29, 0.717) is 34.8 Å². The second kappa shape index (κ2) is 7.77. The van der Waals surface area contributed by atoms with Crippen LogP contribution in [0.2, 0.25) is 0 Å². The standard InChI is InChI=1S/C19H25F3N6O2/c1-11-13(15-25-16(19(20,21)22)27(5)26-15)6-7-14(23-11)24-12-8-9-28(10-12)17(29)30-18(2,3)4/h6-7,12H,8-10H2,1-5H3,(H,23,24)/t12-/m0/s1. The van der Waals surface area contributed by atoms with Gasteiger partial charge in [0.1, 0.15) is 11.4 Å². The fourth-order valence-electron chi connectivity index (χ4n) is 3.20. The summed E-state index contributed by atoms with van der Waals surface area (Å²) in [5.41, 5.74) is 0.373. The minimum atomic E-state index is -4.58. The van der Waals surface area contributed by atoms with Gasteiger partial charge in [-0.3, -0.25) is 0 Å². The number of halogens is 3. The molecule has 3 heterocycles. The van der Waals surface area contributed by atoms with Gasteiger partial charge in [0.05, 0.1) is 5.69 Å². The van der Waals surface area contributed by atoms with Crippen LogP contribution in [-0.4, -0.2) is 55.5 Å². The lowest BCUT2D eigenvalue weighted by molar-refractivity contribution is -0.147. The van der Waals surface area contributed by atoms with Gasteiger partial charge in [0.2, 0.25) is 5.82 Å². The van der Waals surface area contributed by atoms with Gasteiger partial charge in [-0.05, 0) is 46.2 Å². The molecule has 3 rings (SSSR count). The van der Waals surface area contributed by atoms with Crippen molar-refractivity contribution in [2.75, 3.05) is 18.4 Å². The number of carbonyl (C=O) groups is 1. The number of nitrogens with zero attached hydrogens (tertiary/aromatic N) is 5. The van der Waals surface area contributed by atoms with E-state index >= 15 is 0 Å². The van der Waals surface area contributed by atoms with Crippen molar-refractivity contribution in [3.8, 4) is 11.4 Å². The number of anilines is 1. The smallest absolute Gasteiger partial charge is 0.444 e. The van der Waals surface area contributed by atoms with Crippen LogP contribution in [-0.2, 0) is 18.0 Å². The Labute approximate surface area is 172 Å². The highest BCUT2D eigenvalue weighted by atomic mass is 19.4. The Morgan fingerprint density at radius 2 is 1.93 bits per heavy atom. The van der Waals surface area contributed by atoms with Crippen molar-refractivity contribution in [2.45, 2.75) is 51.9 Å². The van der Waals surface area contributed by atoms with Crippen molar-refractivity contribution in [2.24, 2.45) is 7.05 Å². The monoisotopic (exact) mass is 426 g/mol. The summed E-state index contributed by atoms with van der Waals surface area (Å²) in [5, 5.41) is 7.13. The van der Waals surface area contributed by atoms with Crippen LogP contribution >= 0.6 is 0 Å². The molecule has 1 N–H and O–H groups in total. The largest absolute Gasteiger partial charge is 0.451 e. The first-order valence-corrected chi connectivity index (χ1v) is 9.54. The third kappa shape index (κ3) is 5.00. The van der Waals surface area contributed by atoms with Crippen LogP contribution in [0.5, 0.6) is 0 Å². The predicted octanol–water partition coefficient (Wildman–Crippen LogP) is 3.63. The van der Waals surface area contributed by atoms with E-state index in [1.165, 1.54) is 7.05 Å². The summed E-state index contributed by atoms with van der Waals surface area (Å²) in [6.07, 6.45) is -4.20. The number of rotatable bonds is 3. The van der Waals surface area contributed by atoms with E-state index < -0.39 is 17.6 Å². The SMILES string of the molecule is Cc1nc(N[C@H]2CCN(C(=O)OC(C)(C)C)C2)ccc1-c1nc(C(F)(F)F)n(C)n1. The van der Waals surface area contributed by atoms with E-state index in [2.05, 4.69) is 20.4 Å². The normalized spacial score (nSPS) is 17.3. The Bertz CT molecular complexity index is 935. The van der Waals surface area contributed by atoms with E-state index in [0.717, 1.165) is 6.42 Å². The Morgan fingerprint density at radius 1 is 1.23 bits per heavy atom. The molecule has 1 amide bonds. The van der Waals surface area contributed by atoms with Crippen LogP contribution in [0.3, 0.4) is 0 Å². The quantitative estimate of drug-likeness (QED) is 0.807. The van der Waals surface area contributed by atoms with E-state index in [9.17, 15) is 18.0 Å². The maximum Gasteiger partial charge on any atom is 0.451 e. The molecule has 0 bridgehead atoms. The molecule has 0 saturated carbocycles.